The Morgan fingerprint density at radius 1 is 1.78 bits per heavy atom. The highest BCUT2D eigenvalue weighted by atomic mass is 16.3. The molecule has 1 aliphatic heterocycles. The molecule has 1 fully saturated rings. The summed E-state index contributed by atoms with van der Waals surface area (Å²) in [6.07, 6.45) is 3.34. The van der Waals surface area contributed by atoms with Gasteiger partial charge in [0.1, 0.15) is 0 Å². The minimum absolute atomic E-state index is 0.484. The van der Waals surface area contributed by atoms with E-state index in [2.05, 4.69) is 11.9 Å². The molecule has 0 aliphatic carbocycles. The third-order valence-corrected chi connectivity index (χ3v) is 1.75. The lowest BCUT2D eigenvalue weighted by Gasteiger charge is -2.17. The third-order valence-electron chi connectivity index (χ3n) is 1.75. The summed E-state index contributed by atoms with van der Waals surface area (Å²) in [6, 6.07) is 0. The largest absolute Gasteiger partial charge is 0.388 e. The molecule has 1 saturated heterocycles. The van der Waals surface area contributed by atoms with Gasteiger partial charge in [-0.2, -0.15) is 0 Å². The third kappa shape index (κ3) is 1.53. The van der Waals surface area contributed by atoms with Crippen LogP contribution in [0.2, 0.25) is 0 Å². The summed E-state index contributed by atoms with van der Waals surface area (Å²) in [7, 11) is 0. The molecular formula is C7H13NO. The van der Waals surface area contributed by atoms with Crippen LogP contribution < -0.4 is 5.32 Å². The average Bonchev–Trinajstić information content (AvgIpc) is 2.16. The fourth-order valence-electron chi connectivity index (χ4n) is 1.17. The number of nitrogens with one attached hydrogen (secondary N) is 1. The topological polar surface area (TPSA) is 32.3 Å². The SMILES string of the molecule is C=CCC1(O)CCNC1. The molecule has 0 aromatic rings. The number of rotatable bonds is 2. The molecule has 9 heavy (non-hydrogen) atoms. The van der Waals surface area contributed by atoms with Crippen LogP contribution >= 0.6 is 0 Å². The lowest BCUT2D eigenvalue weighted by atomic mass is 9.99. The molecular weight excluding hydrogens is 114 g/mol. The molecule has 1 unspecified atom stereocenters. The second-order valence-electron chi connectivity index (χ2n) is 2.64. The van der Waals surface area contributed by atoms with Gasteiger partial charge in [0.15, 0.2) is 0 Å². The Labute approximate surface area is 55.6 Å². The second-order valence-corrected chi connectivity index (χ2v) is 2.64. The van der Waals surface area contributed by atoms with Crippen LogP contribution in [0.1, 0.15) is 12.8 Å². The van der Waals surface area contributed by atoms with Gasteiger partial charge in [-0.05, 0) is 19.4 Å². The van der Waals surface area contributed by atoms with Crippen molar-refractivity contribution in [3.63, 3.8) is 0 Å². The van der Waals surface area contributed by atoms with E-state index in [1.807, 2.05) is 0 Å². The van der Waals surface area contributed by atoms with Crippen LogP contribution in [0.15, 0.2) is 12.7 Å². The molecule has 0 saturated carbocycles. The van der Waals surface area contributed by atoms with Crippen LogP contribution in [0.25, 0.3) is 0 Å². The van der Waals surface area contributed by atoms with E-state index in [9.17, 15) is 5.11 Å². The van der Waals surface area contributed by atoms with Gasteiger partial charge in [-0.15, -0.1) is 6.58 Å². The van der Waals surface area contributed by atoms with Crippen LogP contribution in [0.3, 0.4) is 0 Å². The van der Waals surface area contributed by atoms with Crippen LogP contribution in [-0.4, -0.2) is 23.8 Å². The Bertz CT molecular complexity index is 105. The normalized spacial score (nSPS) is 34.8. The summed E-state index contributed by atoms with van der Waals surface area (Å²) in [6.45, 7) is 5.24. The Morgan fingerprint density at radius 2 is 2.56 bits per heavy atom. The molecule has 0 aromatic heterocycles. The summed E-state index contributed by atoms with van der Waals surface area (Å²) in [5.41, 5.74) is -0.484. The maximum atomic E-state index is 9.56. The highest BCUT2D eigenvalue weighted by Gasteiger charge is 2.28. The fraction of sp³-hybridized carbons (Fsp3) is 0.714. The predicted octanol–water partition coefficient (Wildman–Crippen LogP) is 0.287. The Kier molecular flexibility index (Phi) is 1.88. The first-order chi connectivity index (χ1) is 4.27. The van der Waals surface area contributed by atoms with Gasteiger partial charge >= 0.3 is 0 Å². The molecule has 1 atom stereocenters. The van der Waals surface area contributed by atoms with E-state index >= 15 is 0 Å². The predicted molar refractivity (Wildman–Crippen MR) is 37.3 cm³/mol. The van der Waals surface area contributed by atoms with Gasteiger partial charge in [-0.25, -0.2) is 0 Å². The molecule has 0 aromatic carbocycles. The van der Waals surface area contributed by atoms with Gasteiger partial charge in [0.25, 0.3) is 0 Å². The molecule has 52 valence electrons. The van der Waals surface area contributed by atoms with Crippen molar-refractivity contribution in [2.45, 2.75) is 18.4 Å². The first-order valence-corrected chi connectivity index (χ1v) is 3.31. The van der Waals surface area contributed by atoms with Gasteiger partial charge in [-0.1, -0.05) is 6.08 Å². The molecule has 0 bridgehead atoms. The molecule has 0 spiro atoms. The van der Waals surface area contributed by atoms with Crippen molar-refractivity contribution in [3.8, 4) is 0 Å². The number of hydrogen-bond donors (Lipinski definition) is 2. The van der Waals surface area contributed by atoms with Crippen molar-refractivity contribution >= 4 is 0 Å². The van der Waals surface area contributed by atoms with Gasteiger partial charge in [0, 0.05) is 6.54 Å². The zero-order valence-corrected chi connectivity index (χ0v) is 5.56. The first-order valence-electron chi connectivity index (χ1n) is 3.31. The highest BCUT2D eigenvalue weighted by molar-refractivity contribution is 4.92. The van der Waals surface area contributed by atoms with Crippen molar-refractivity contribution in [1.29, 1.82) is 0 Å². The minimum atomic E-state index is -0.484. The van der Waals surface area contributed by atoms with Gasteiger partial charge < -0.3 is 10.4 Å². The van der Waals surface area contributed by atoms with Crippen LogP contribution in [0.4, 0.5) is 0 Å². The van der Waals surface area contributed by atoms with E-state index in [1.54, 1.807) is 6.08 Å². The lowest BCUT2D eigenvalue weighted by Crippen LogP contribution is -2.30. The Morgan fingerprint density at radius 3 is 3.00 bits per heavy atom. The van der Waals surface area contributed by atoms with E-state index < -0.39 is 5.60 Å². The van der Waals surface area contributed by atoms with Crippen molar-refractivity contribution < 1.29 is 5.11 Å². The summed E-state index contributed by atoms with van der Waals surface area (Å²) < 4.78 is 0. The van der Waals surface area contributed by atoms with Crippen molar-refractivity contribution in [3.05, 3.63) is 12.7 Å². The summed E-state index contributed by atoms with van der Waals surface area (Å²) >= 11 is 0. The monoisotopic (exact) mass is 127 g/mol. The molecule has 2 nitrogen and oxygen atoms in total. The highest BCUT2D eigenvalue weighted by Crippen LogP contribution is 2.18. The van der Waals surface area contributed by atoms with E-state index in [0.29, 0.717) is 6.42 Å². The maximum absolute atomic E-state index is 9.56. The van der Waals surface area contributed by atoms with Crippen molar-refractivity contribution in [2.24, 2.45) is 0 Å². The van der Waals surface area contributed by atoms with Crippen LogP contribution in [-0.2, 0) is 0 Å². The maximum Gasteiger partial charge on any atom is 0.0817 e. The van der Waals surface area contributed by atoms with E-state index in [0.717, 1.165) is 19.5 Å². The molecule has 1 rings (SSSR count). The van der Waals surface area contributed by atoms with Gasteiger partial charge in [0.05, 0.1) is 5.60 Å². The lowest BCUT2D eigenvalue weighted by molar-refractivity contribution is 0.0648. The zero-order chi connectivity index (χ0) is 6.74. The molecule has 2 heteroatoms. The summed E-state index contributed by atoms with van der Waals surface area (Å²) in [4.78, 5) is 0. The number of hydrogen-bond acceptors (Lipinski definition) is 2. The smallest absolute Gasteiger partial charge is 0.0817 e. The van der Waals surface area contributed by atoms with E-state index in [-0.39, 0.29) is 0 Å². The fourth-order valence-corrected chi connectivity index (χ4v) is 1.17. The molecule has 0 radical (unpaired) electrons. The van der Waals surface area contributed by atoms with Crippen LogP contribution in [0, 0.1) is 0 Å². The minimum Gasteiger partial charge on any atom is -0.388 e. The average molecular weight is 127 g/mol. The Hall–Kier alpha value is -0.340. The summed E-state index contributed by atoms with van der Waals surface area (Å²) in [5.74, 6) is 0. The van der Waals surface area contributed by atoms with E-state index in [1.165, 1.54) is 0 Å². The Balaban J connectivity index is 2.40. The standard InChI is InChI=1S/C7H13NO/c1-2-3-7(9)4-5-8-6-7/h2,8-9H,1,3-6H2. The van der Waals surface area contributed by atoms with Gasteiger partial charge in [0.2, 0.25) is 0 Å². The van der Waals surface area contributed by atoms with Crippen molar-refractivity contribution in [1.82, 2.24) is 5.32 Å². The van der Waals surface area contributed by atoms with Crippen LogP contribution in [0.5, 0.6) is 0 Å². The molecule has 2 N–H and O–H groups in total. The quantitative estimate of drug-likeness (QED) is 0.522. The molecule has 1 heterocycles. The molecule has 1 aliphatic rings. The zero-order valence-electron chi connectivity index (χ0n) is 5.56. The van der Waals surface area contributed by atoms with Gasteiger partial charge in [-0.3, -0.25) is 0 Å². The number of aliphatic hydroxyl groups is 1. The second kappa shape index (κ2) is 2.50. The molecule has 0 amide bonds. The van der Waals surface area contributed by atoms with Crippen molar-refractivity contribution in [2.75, 3.05) is 13.1 Å². The summed E-state index contributed by atoms with van der Waals surface area (Å²) in [5, 5.41) is 12.7. The number of β-amino-alcohol motifs (C(OH)–C–C–N with tert-alkyl or cyclic N) is 1. The van der Waals surface area contributed by atoms with E-state index in [4.69, 9.17) is 0 Å². The first kappa shape index (κ1) is 6.78.